The van der Waals surface area contributed by atoms with Gasteiger partial charge in [-0.15, -0.1) is 11.3 Å². The molecule has 6 nitrogen and oxygen atoms in total. The maximum Gasteiger partial charge on any atom is 0.270 e. The fraction of sp³-hybridized carbons (Fsp3) is 0.409. The summed E-state index contributed by atoms with van der Waals surface area (Å²) in [5.74, 6) is 1.44. The summed E-state index contributed by atoms with van der Waals surface area (Å²) in [6.07, 6.45) is 2.09. The first kappa shape index (κ1) is 19.8. The lowest BCUT2D eigenvalue weighted by molar-refractivity contribution is 0.0499. The van der Waals surface area contributed by atoms with Gasteiger partial charge in [-0.2, -0.15) is 0 Å². The van der Waals surface area contributed by atoms with Gasteiger partial charge in [0, 0.05) is 38.4 Å². The Bertz CT molecular complexity index is 1000. The van der Waals surface area contributed by atoms with E-state index in [0.29, 0.717) is 24.5 Å². The Morgan fingerprint density at radius 1 is 1.28 bits per heavy atom. The first-order valence-corrected chi connectivity index (χ1v) is 10.6. The van der Waals surface area contributed by atoms with Crippen LogP contribution >= 0.6 is 11.3 Å². The number of carbonyl (C=O) groups excluding carboxylic acids is 1. The number of hydrogen-bond donors (Lipinski definition) is 0. The van der Waals surface area contributed by atoms with Crippen LogP contribution in [-0.4, -0.2) is 48.8 Å². The van der Waals surface area contributed by atoms with E-state index in [1.807, 2.05) is 52.2 Å². The second-order valence-corrected chi connectivity index (χ2v) is 8.20. The molecule has 0 saturated carbocycles. The maximum atomic E-state index is 13.5. The van der Waals surface area contributed by atoms with E-state index >= 15 is 0 Å². The standard InChI is InChI=1S/C22H26N2O4S/c1-23-18-8-10-29-21(18)12-19(23)22(25)24(14-17-5-4-9-28-17)13-15-6-7-16(26-2)11-20(15)27-3/h6-8,10-12,17H,4-5,9,13-14H2,1-3H3/t17-/m1/s1. The van der Waals surface area contributed by atoms with E-state index in [-0.39, 0.29) is 12.0 Å². The van der Waals surface area contributed by atoms with Gasteiger partial charge >= 0.3 is 0 Å². The third-order valence-corrected chi connectivity index (χ3v) is 6.33. The summed E-state index contributed by atoms with van der Waals surface area (Å²) in [5.41, 5.74) is 2.71. The zero-order valence-corrected chi connectivity index (χ0v) is 17.8. The molecule has 1 fully saturated rings. The topological polar surface area (TPSA) is 52.9 Å². The van der Waals surface area contributed by atoms with E-state index in [1.165, 1.54) is 0 Å². The van der Waals surface area contributed by atoms with Crippen LogP contribution in [0.4, 0.5) is 0 Å². The second kappa shape index (κ2) is 8.47. The molecule has 0 radical (unpaired) electrons. The number of aromatic nitrogens is 1. The fourth-order valence-corrected chi connectivity index (χ4v) is 4.71. The predicted molar refractivity (Wildman–Crippen MR) is 114 cm³/mol. The molecular formula is C22H26N2O4S. The first-order valence-electron chi connectivity index (χ1n) is 9.75. The van der Waals surface area contributed by atoms with Crippen LogP contribution in [0.1, 0.15) is 28.9 Å². The average Bonchev–Trinajstić information content (AvgIpc) is 3.47. The van der Waals surface area contributed by atoms with Crippen molar-refractivity contribution in [2.45, 2.75) is 25.5 Å². The van der Waals surface area contributed by atoms with Crippen LogP contribution in [0.15, 0.2) is 35.7 Å². The SMILES string of the molecule is COc1ccc(CN(C[C@H]2CCCO2)C(=O)c2cc3sccc3n2C)c(OC)c1. The molecule has 7 heteroatoms. The molecule has 154 valence electrons. The lowest BCUT2D eigenvalue weighted by atomic mass is 10.1. The molecule has 1 aromatic carbocycles. The van der Waals surface area contributed by atoms with Crippen LogP contribution in [0.25, 0.3) is 10.2 Å². The Balaban J connectivity index is 1.65. The summed E-state index contributed by atoms with van der Waals surface area (Å²) >= 11 is 1.65. The van der Waals surface area contributed by atoms with Crippen LogP contribution in [0.3, 0.4) is 0 Å². The van der Waals surface area contributed by atoms with Gasteiger partial charge in [0.2, 0.25) is 0 Å². The highest BCUT2D eigenvalue weighted by atomic mass is 32.1. The number of thiophene rings is 1. The van der Waals surface area contributed by atoms with Crippen LogP contribution in [0.2, 0.25) is 0 Å². The minimum atomic E-state index is 0.00395. The van der Waals surface area contributed by atoms with Gasteiger partial charge in [-0.1, -0.05) is 0 Å². The van der Waals surface area contributed by atoms with E-state index in [1.54, 1.807) is 25.6 Å². The van der Waals surface area contributed by atoms with Crippen molar-refractivity contribution in [1.82, 2.24) is 9.47 Å². The number of nitrogens with zero attached hydrogens (tertiary/aromatic N) is 2. The lowest BCUT2D eigenvalue weighted by Gasteiger charge is -2.26. The van der Waals surface area contributed by atoms with Crippen molar-refractivity contribution < 1.29 is 19.0 Å². The fourth-order valence-electron chi connectivity index (χ4n) is 3.86. The Labute approximate surface area is 174 Å². The lowest BCUT2D eigenvalue weighted by Crippen LogP contribution is -2.37. The number of fused-ring (bicyclic) bond motifs is 1. The Kier molecular flexibility index (Phi) is 5.78. The monoisotopic (exact) mass is 414 g/mol. The van der Waals surface area contributed by atoms with Gasteiger partial charge in [-0.05, 0) is 42.5 Å². The Hall–Kier alpha value is -2.51. The normalized spacial score (nSPS) is 16.3. The van der Waals surface area contributed by atoms with Crippen LogP contribution in [0, 0.1) is 0 Å². The largest absolute Gasteiger partial charge is 0.497 e. The van der Waals surface area contributed by atoms with Crippen molar-refractivity contribution in [2.24, 2.45) is 7.05 Å². The summed E-state index contributed by atoms with van der Waals surface area (Å²) in [5, 5.41) is 2.05. The number of methoxy groups -OCH3 is 2. The van der Waals surface area contributed by atoms with Gasteiger partial charge in [-0.25, -0.2) is 0 Å². The summed E-state index contributed by atoms with van der Waals surface area (Å²) in [6, 6.07) is 9.73. The first-order chi connectivity index (χ1) is 14.1. The molecule has 0 spiro atoms. The molecule has 3 aromatic rings. The Morgan fingerprint density at radius 3 is 2.83 bits per heavy atom. The highest BCUT2D eigenvalue weighted by molar-refractivity contribution is 7.17. The summed E-state index contributed by atoms with van der Waals surface area (Å²) in [4.78, 5) is 15.4. The van der Waals surface area contributed by atoms with Crippen molar-refractivity contribution >= 4 is 27.5 Å². The number of carbonyl (C=O) groups is 1. The minimum Gasteiger partial charge on any atom is -0.497 e. The molecule has 1 atom stereocenters. The van der Waals surface area contributed by atoms with Gasteiger partial charge in [0.15, 0.2) is 0 Å². The number of amides is 1. The average molecular weight is 415 g/mol. The molecule has 2 aromatic heterocycles. The molecule has 0 bridgehead atoms. The van der Waals surface area contributed by atoms with Crippen molar-refractivity contribution in [2.75, 3.05) is 27.4 Å². The molecule has 29 heavy (non-hydrogen) atoms. The van der Waals surface area contributed by atoms with Crippen molar-refractivity contribution in [3.63, 3.8) is 0 Å². The van der Waals surface area contributed by atoms with Crippen molar-refractivity contribution in [1.29, 1.82) is 0 Å². The van der Waals surface area contributed by atoms with E-state index in [4.69, 9.17) is 14.2 Å². The molecule has 3 heterocycles. The van der Waals surface area contributed by atoms with E-state index in [2.05, 4.69) is 0 Å². The summed E-state index contributed by atoms with van der Waals surface area (Å²) in [6.45, 7) is 1.77. The van der Waals surface area contributed by atoms with Crippen LogP contribution in [-0.2, 0) is 18.3 Å². The molecule has 1 aliphatic heterocycles. The van der Waals surface area contributed by atoms with Gasteiger partial charge in [0.05, 0.1) is 30.5 Å². The minimum absolute atomic E-state index is 0.00395. The number of hydrogen-bond acceptors (Lipinski definition) is 5. The van der Waals surface area contributed by atoms with Crippen molar-refractivity contribution in [3.8, 4) is 11.5 Å². The van der Waals surface area contributed by atoms with Gasteiger partial charge in [-0.3, -0.25) is 4.79 Å². The Morgan fingerprint density at radius 2 is 2.14 bits per heavy atom. The van der Waals surface area contributed by atoms with E-state index in [9.17, 15) is 4.79 Å². The molecule has 1 amide bonds. The van der Waals surface area contributed by atoms with Gasteiger partial charge in [0.1, 0.15) is 17.2 Å². The molecule has 0 aliphatic carbocycles. The van der Waals surface area contributed by atoms with Crippen LogP contribution < -0.4 is 9.47 Å². The zero-order valence-electron chi connectivity index (χ0n) is 17.0. The second-order valence-electron chi connectivity index (χ2n) is 7.26. The molecule has 4 rings (SSSR count). The van der Waals surface area contributed by atoms with E-state index in [0.717, 1.165) is 41.0 Å². The van der Waals surface area contributed by atoms with Gasteiger partial charge < -0.3 is 23.7 Å². The third kappa shape index (κ3) is 3.97. The highest BCUT2D eigenvalue weighted by Crippen LogP contribution is 2.29. The van der Waals surface area contributed by atoms with Crippen LogP contribution in [0.5, 0.6) is 11.5 Å². The van der Waals surface area contributed by atoms with E-state index < -0.39 is 0 Å². The molecular weight excluding hydrogens is 388 g/mol. The molecule has 1 aliphatic rings. The zero-order chi connectivity index (χ0) is 20.4. The quantitative estimate of drug-likeness (QED) is 0.585. The number of benzene rings is 1. The number of rotatable bonds is 7. The summed E-state index contributed by atoms with van der Waals surface area (Å²) in [7, 11) is 5.21. The van der Waals surface area contributed by atoms with Gasteiger partial charge in [0.25, 0.3) is 5.91 Å². The highest BCUT2D eigenvalue weighted by Gasteiger charge is 2.26. The third-order valence-electron chi connectivity index (χ3n) is 5.47. The molecule has 1 saturated heterocycles. The summed E-state index contributed by atoms with van der Waals surface area (Å²) < 4.78 is 19.8. The number of aryl methyl sites for hydroxylation is 1. The van der Waals surface area contributed by atoms with Crippen molar-refractivity contribution in [3.05, 3.63) is 47.0 Å². The molecule has 0 unspecified atom stereocenters. The predicted octanol–water partition coefficient (Wildman–Crippen LogP) is 4.08. The smallest absolute Gasteiger partial charge is 0.270 e. The molecule has 0 N–H and O–H groups in total. The number of ether oxygens (including phenoxy) is 3. The maximum absolute atomic E-state index is 13.5.